The number of nitrogens with zero attached hydrogens (tertiary/aromatic N) is 3. The molecule has 0 saturated carbocycles. The van der Waals surface area contributed by atoms with Gasteiger partial charge >= 0.3 is 0 Å². The van der Waals surface area contributed by atoms with Gasteiger partial charge in [-0.3, -0.25) is 4.90 Å². The molecule has 164 valence electrons. The third-order valence-corrected chi connectivity index (χ3v) is 6.10. The highest BCUT2D eigenvalue weighted by Gasteiger charge is 2.20. The molecule has 10 heteroatoms. The third kappa shape index (κ3) is 6.73. The van der Waals surface area contributed by atoms with Crippen molar-refractivity contribution < 1.29 is 18.2 Å². The molecule has 1 saturated heterocycles. The Labute approximate surface area is 188 Å². The molecule has 2 aromatic carbocycles. The Bertz CT molecular complexity index is 915. The lowest BCUT2D eigenvalue weighted by Gasteiger charge is -2.37. The Morgan fingerprint density at radius 2 is 1.80 bits per heavy atom. The standard InChI is InChI=1S/C20H24Cl2N3O4S/c1-28-30(27)23-15-2-5-18(6-3-15)29-14-17(26)13-24-8-10-25(11-9-24)16-4-7-19(21)20(22)12-16/h2-7,12,17,26H,8-11,13-14H2,1H3/q-1. The molecule has 1 aliphatic heterocycles. The Morgan fingerprint density at radius 1 is 1.10 bits per heavy atom. The van der Waals surface area contributed by atoms with Gasteiger partial charge in [0.05, 0.1) is 10.0 Å². The van der Waals surface area contributed by atoms with Crippen LogP contribution in [0.15, 0.2) is 46.8 Å². The van der Waals surface area contributed by atoms with Crippen molar-refractivity contribution in [1.82, 2.24) is 4.90 Å². The summed E-state index contributed by atoms with van der Waals surface area (Å²) < 4.78 is 25.3. The van der Waals surface area contributed by atoms with E-state index in [1.807, 2.05) is 18.2 Å². The van der Waals surface area contributed by atoms with Gasteiger partial charge in [0, 0.05) is 51.2 Å². The summed E-state index contributed by atoms with van der Waals surface area (Å²) in [5, 5.41) is 11.4. The average molecular weight is 473 g/mol. The number of benzene rings is 2. The molecule has 1 aliphatic rings. The van der Waals surface area contributed by atoms with Crippen molar-refractivity contribution in [1.29, 1.82) is 0 Å². The second-order valence-electron chi connectivity index (χ2n) is 6.82. The number of rotatable bonds is 8. The van der Waals surface area contributed by atoms with Crippen LogP contribution >= 0.6 is 23.2 Å². The van der Waals surface area contributed by atoms with Crippen molar-refractivity contribution >= 4 is 45.5 Å². The van der Waals surface area contributed by atoms with E-state index in [9.17, 15) is 9.32 Å². The smallest absolute Gasteiger partial charge is 0.119 e. The Balaban J connectivity index is 1.42. The van der Waals surface area contributed by atoms with Crippen LogP contribution in [0.1, 0.15) is 0 Å². The highest BCUT2D eigenvalue weighted by atomic mass is 35.5. The predicted octanol–water partition coefficient (Wildman–Crippen LogP) is 3.90. The van der Waals surface area contributed by atoms with Crippen molar-refractivity contribution in [2.24, 2.45) is 4.36 Å². The van der Waals surface area contributed by atoms with Gasteiger partial charge < -0.3 is 27.5 Å². The van der Waals surface area contributed by atoms with Gasteiger partial charge in [-0.05, 0) is 42.5 Å². The maximum Gasteiger partial charge on any atom is 0.119 e. The second kappa shape index (κ2) is 11.2. The fraction of sp³-hybridized carbons (Fsp3) is 0.400. The molecule has 1 fully saturated rings. The van der Waals surface area contributed by atoms with E-state index in [-0.39, 0.29) is 6.61 Å². The summed E-state index contributed by atoms with van der Waals surface area (Å²) in [4.78, 5) is 4.47. The first kappa shape index (κ1) is 23.1. The van der Waals surface area contributed by atoms with E-state index in [0.717, 1.165) is 31.9 Å². The minimum absolute atomic E-state index is 0.188. The van der Waals surface area contributed by atoms with Gasteiger partial charge in [-0.1, -0.05) is 34.1 Å². The van der Waals surface area contributed by atoms with Crippen LogP contribution in [-0.2, 0) is 19.3 Å². The molecule has 0 bridgehead atoms. The normalized spacial score (nSPS) is 17.1. The number of aliphatic hydroxyl groups is 1. The molecule has 3 rings (SSSR count). The quantitative estimate of drug-likeness (QED) is 0.587. The maximum absolute atomic E-state index is 11.2. The molecule has 0 radical (unpaired) electrons. The molecule has 1 heterocycles. The minimum atomic E-state index is -1.69. The highest BCUT2D eigenvalue weighted by molar-refractivity contribution is 7.69. The summed E-state index contributed by atoms with van der Waals surface area (Å²) >= 11 is 12.1. The lowest BCUT2D eigenvalue weighted by molar-refractivity contribution is 0.0663. The largest absolute Gasteiger partial charge is 0.491 e. The summed E-state index contributed by atoms with van der Waals surface area (Å²) in [6.07, 6.45) is -0.605. The fourth-order valence-corrected chi connectivity index (χ4v) is 3.80. The van der Waals surface area contributed by atoms with Crippen LogP contribution < -0.4 is 9.64 Å². The average Bonchev–Trinajstić information content (AvgIpc) is 2.75. The summed E-state index contributed by atoms with van der Waals surface area (Å²) in [6.45, 7) is 4.09. The van der Waals surface area contributed by atoms with E-state index in [4.69, 9.17) is 27.9 Å². The van der Waals surface area contributed by atoms with Crippen LogP contribution in [-0.4, -0.2) is 62.6 Å². The molecule has 1 unspecified atom stereocenters. The van der Waals surface area contributed by atoms with Crippen LogP contribution in [0, 0.1) is 0 Å². The van der Waals surface area contributed by atoms with Crippen molar-refractivity contribution in [2.45, 2.75) is 6.10 Å². The van der Waals surface area contributed by atoms with Crippen molar-refractivity contribution in [3.63, 3.8) is 0 Å². The van der Waals surface area contributed by atoms with Crippen LogP contribution in [0.4, 0.5) is 11.4 Å². The number of aliphatic hydroxyl groups excluding tert-OH is 1. The molecule has 1 atom stereocenters. The molecule has 1 N–H and O–H groups in total. The first-order valence-electron chi connectivity index (χ1n) is 9.46. The summed E-state index contributed by atoms with van der Waals surface area (Å²) in [5.74, 6) is 0.612. The first-order valence-corrected chi connectivity index (χ1v) is 11.2. The molecule has 2 aromatic rings. The third-order valence-electron chi connectivity index (χ3n) is 4.71. The lowest BCUT2D eigenvalue weighted by atomic mass is 10.2. The molecule has 0 spiro atoms. The van der Waals surface area contributed by atoms with E-state index in [1.165, 1.54) is 7.11 Å². The molecule has 30 heavy (non-hydrogen) atoms. The fourth-order valence-electron chi connectivity index (χ4n) is 3.14. The monoisotopic (exact) mass is 472 g/mol. The van der Waals surface area contributed by atoms with Crippen LogP contribution in [0.3, 0.4) is 0 Å². The van der Waals surface area contributed by atoms with E-state index >= 15 is 0 Å². The number of piperazine rings is 1. The SMILES string of the molecule is CO[S-](=O)=Nc1ccc(OCC(O)CN2CCN(c3ccc(Cl)c(Cl)c3)CC2)cc1. The predicted molar refractivity (Wildman–Crippen MR) is 120 cm³/mol. The van der Waals surface area contributed by atoms with Crippen molar-refractivity contribution in [3.8, 4) is 5.75 Å². The molecular formula is C20H24Cl2N3O4S-. The van der Waals surface area contributed by atoms with Crippen LogP contribution in [0.5, 0.6) is 5.75 Å². The zero-order valence-corrected chi connectivity index (χ0v) is 18.9. The zero-order chi connectivity index (χ0) is 21.5. The number of anilines is 1. The van der Waals surface area contributed by atoms with Gasteiger partial charge in [-0.15, -0.1) is 0 Å². The maximum atomic E-state index is 11.2. The molecule has 0 aliphatic carbocycles. The van der Waals surface area contributed by atoms with Gasteiger partial charge in [0.25, 0.3) is 0 Å². The topological polar surface area (TPSA) is 74.6 Å². The number of β-amino-alcohol motifs (C(OH)–C–C–N with tert-alkyl or cyclic N) is 1. The van der Waals surface area contributed by atoms with Gasteiger partial charge in [0.1, 0.15) is 18.5 Å². The van der Waals surface area contributed by atoms with E-state index in [2.05, 4.69) is 18.3 Å². The Kier molecular flexibility index (Phi) is 8.61. The number of hydrogen-bond acceptors (Lipinski definition) is 8. The summed E-state index contributed by atoms with van der Waals surface area (Å²) in [5.41, 5.74) is 1.58. The van der Waals surface area contributed by atoms with Gasteiger partial charge in [-0.25, -0.2) is 0 Å². The zero-order valence-electron chi connectivity index (χ0n) is 16.5. The summed E-state index contributed by atoms with van der Waals surface area (Å²) in [7, 11) is -0.370. The van der Waals surface area contributed by atoms with Crippen molar-refractivity contribution in [3.05, 3.63) is 52.5 Å². The number of halogens is 2. The van der Waals surface area contributed by atoms with E-state index < -0.39 is 17.0 Å². The second-order valence-corrected chi connectivity index (χ2v) is 8.58. The molecular weight excluding hydrogens is 449 g/mol. The summed E-state index contributed by atoms with van der Waals surface area (Å²) in [6, 6.07) is 12.5. The van der Waals surface area contributed by atoms with Crippen LogP contribution in [0.25, 0.3) is 0 Å². The van der Waals surface area contributed by atoms with Gasteiger partial charge in [0.2, 0.25) is 0 Å². The number of ether oxygens (including phenoxy) is 1. The molecule has 7 nitrogen and oxygen atoms in total. The molecule has 0 aromatic heterocycles. The Morgan fingerprint density at radius 3 is 2.43 bits per heavy atom. The van der Waals surface area contributed by atoms with Gasteiger partial charge in [-0.2, -0.15) is 0 Å². The van der Waals surface area contributed by atoms with Gasteiger partial charge in [0.15, 0.2) is 0 Å². The Hall–Kier alpha value is -1.55. The number of hydrogen-bond donors (Lipinski definition) is 1. The molecule has 0 amide bonds. The lowest BCUT2D eigenvalue weighted by Crippen LogP contribution is -2.49. The van der Waals surface area contributed by atoms with E-state index in [0.29, 0.717) is 28.0 Å². The van der Waals surface area contributed by atoms with Crippen LogP contribution in [0.2, 0.25) is 10.0 Å². The highest BCUT2D eigenvalue weighted by Crippen LogP contribution is 2.27. The first-order chi connectivity index (χ1) is 14.4. The van der Waals surface area contributed by atoms with Crippen molar-refractivity contribution in [2.75, 3.05) is 51.3 Å². The minimum Gasteiger partial charge on any atom is -0.491 e. The van der Waals surface area contributed by atoms with E-state index in [1.54, 1.807) is 24.3 Å².